The molecule has 0 saturated carbocycles. The first-order chi connectivity index (χ1) is 11.5. The van der Waals surface area contributed by atoms with Gasteiger partial charge in [-0.15, -0.1) is 0 Å². The van der Waals surface area contributed by atoms with E-state index in [1.807, 2.05) is 0 Å². The number of halogens is 3. The maximum atomic E-state index is 6.20. The van der Waals surface area contributed by atoms with Gasteiger partial charge in [0.25, 0.3) is 0 Å². The maximum Gasteiger partial charge on any atom is 0.193 e. The Balaban J connectivity index is 3.66. The van der Waals surface area contributed by atoms with Gasteiger partial charge in [-0.2, -0.15) is 0 Å². The van der Waals surface area contributed by atoms with Crippen LogP contribution >= 0.6 is 34.8 Å². The van der Waals surface area contributed by atoms with E-state index in [1.54, 1.807) is 0 Å². The summed E-state index contributed by atoms with van der Waals surface area (Å²) in [6.07, 6.45) is 22.1. The first kappa shape index (κ1) is 24.9. The highest BCUT2D eigenvalue weighted by atomic mass is 35.6. The zero-order chi connectivity index (χ0) is 18.1. The number of rotatable bonds is 17. The summed E-state index contributed by atoms with van der Waals surface area (Å²) in [6, 6.07) is 0. The Morgan fingerprint density at radius 1 is 0.500 bits per heavy atom. The highest BCUT2D eigenvalue weighted by Gasteiger charge is 2.31. The van der Waals surface area contributed by atoms with Crippen molar-refractivity contribution in [1.29, 1.82) is 0 Å². The number of hydrogen-bond acceptors (Lipinski definition) is 0. The van der Waals surface area contributed by atoms with E-state index in [0.29, 0.717) is 0 Å². The lowest BCUT2D eigenvalue weighted by Crippen LogP contribution is -2.19. The van der Waals surface area contributed by atoms with Gasteiger partial charge in [0, 0.05) is 5.92 Å². The van der Waals surface area contributed by atoms with Gasteiger partial charge in [0.05, 0.1) is 0 Å². The highest BCUT2D eigenvalue weighted by Crippen LogP contribution is 2.41. The highest BCUT2D eigenvalue weighted by molar-refractivity contribution is 6.67. The van der Waals surface area contributed by atoms with Crippen molar-refractivity contribution in [2.75, 3.05) is 0 Å². The minimum Gasteiger partial charge on any atom is -0.0834 e. The smallest absolute Gasteiger partial charge is 0.0834 e. The minimum atomic E-state index is -1.08. The summed E-state index contributed by atoms with van der Waals surface area (Å²) >= 11 is 18.6. The molecule has 0 aliphatic rings. The Kier molecular flexibility index (Phi) is 17.9. The molecule has 1 atom stereocenters. The second kappa shape index (κ2) is 17.3. The second-order valence-electron chi connectivity index (χ2n) is 7.41. The van der Waals surface area contributed by atoms with E-state index in [-0.39, 0.29) is 5.92 Å². The second-order valence-corrected chi connectivity index (χ2v) is 9.78. The molecule has 0 nitrogen and oxygen atoms in total. The third kappa shape index (κ3) is 16.3. The van der Waals surface area contributed by atoms with E-state index >= 15 is 0 Å². The molecule has 0 heterocycles. The zero-order valence-corrected chi connectivity index (χ0v) is 18.5. The monoisotopic (exact) mass is 398 g/mol. The van der Waals surface area contributed by atoms with E-state index in [2.05, 4.69) is 13.8 Å². The molecule has 0 aromatic carbocycles. The molecule has 0 N–H and O–H groups in total. The predicted octanol–water partition coefficient (Wildman–Crippen LogP) is 9.64. The van der Waals surface area contributed by atoms with Crippen molar-refractivity contribution >= 4 is 34.8 Å². The molecule has 0 radical (unpaired) electrons. The Labute approximate surface area is 167 Å². The van der Waals surface area contributed by atoms with Crippen LogP contribution in [0.5, 0.6) is 0 Å². The summed E-state index contributed by atoms with van der Waals surface area (Å²) in [5, 5.41) is 0. The van der Waals surface area contributed by atoms with Gasteiger partial charge in [0.15, 0.2) is 3.79 Å². The molecule has 0 spiro atoms. The van der Waals surface area contributed by atoms with Crippen molar-refractivity contribution in [3.05, 3.63) is 0 Å². The minimum absolute atomic E-state index is 0.234. The summed E-state index contributed by atoms with van der Waals surface area (Å²) in [5.41, 5.74) is 0. The molecule has 3 heteroatoms. The zero-order valence-electron chi connectivity index (χ0n) is 16.2. The van der Waals surface area contributed by atoms with E-state index in [9.17, 15) is 0 Å². The van der Waals surface area contributed by atoms with E-state index in [4.69, 9.17) is 34.8 Å². The van der Waals surface area contributed by atoms with Crippen molar-refractivity contribution in [3.8, 4) is 0 Å². The van der Waals surface area contributed by atoms with E-state index < -0.39 is 3.79 Å². The van der Waals surface area contributed by atoms with E-state index in [1.165, 1.54) is 96.3 Å². The first-order valence-electron chi connectivity index (χ1n) is 10.6. The Morgan fingerprint density at radius 3 is 1.08 bits per heavy atom. The third-order valence-corrected chi connectivity index (χ3v) is 5.95. The Hall–Kier alpha value is 0.870. The predicted molar refractivity (Wildman–Crippen MR) is 114 cm³/mol. The largest absolute Gasteiger partial charge is 0.193 e. The molecule has 146 valence electrons. The van der Waals surface area contributed by atoms with Gasteiger partial charge in [0.1, 0.15) is 0 Å². The van der Waals surface area contributed by atoms with Crippen LogP contribution in [0.3, 0.4) is 0 Å². The molecule has 0 aliphatic carbocycles. The summed E-state index contributed by atoms with van der Waals surface area (Å²) in [5.74, 6) is 0.234. The van der Waals surface area contributed by atoms with Crippen LogP contribution in [0.25, 0.3) is 0 Å². The Bertz CT molecular complexity index is 248. The molecule has 1 unspecified atom stereocenters. The molecular formula is C21H41Cl3. The van der Waals surface area contributed by atoms with Crippen LogP contribution in [0.4, 0.5) is 0 Å². The van der Waals surface area contributed by atoms with Crippen LogP contribution < -0.4 is 0 Å². The third-order valence-electron chi connectivity index (χ3n) is 5.03. The van der Waals surface area contributed by atoms with Crippen molar-refractivity contribution in [1.82, 2.24) is 0 Å². The van der Waals surface area contributed by atoms with Gasteiger partial charge >= 0.3 is 0 Å². The average Bonchev–Trinajstić information content (AvgIpc) is 2.53. The van der Waals surface area contributed by atoms with Crippen molar-refractivity contribution < 1.29 is 0 Å². The topological polar surface area (TPSA) is 0 Å². The van der Waals surface area contributed by atoms with Gasteiger partial charge in [0.2, 0.25) is 0 Å². The fourth-order valence-corrected chi connectivity index (χ4v) is 4.00. The lowest BCUT2D eigenvalue weighted by molar-refractivity contribution is 0.407. The fraction of sp³-hybridized carbons (Fsp3) is 1.00. The molecule has 0 bridgehead atoms. The van der Waals surface area contributed by atoms with Crippen molar-refractivity contribution in [2.45, 2.75) is 127 Å². The summed E-state index contributed by atoms with van der Waals surface area (Å²) in [7, 11) is 0. The number of alkyl halides is 3. The number of unbranched alkanes of at least 4 members (excludes halogenated alkanes) is 13. The number of hydrogen-bond donors (Lipinski definition) is 0. The van der Waals surface area contributed by atoms with Crippen molar-refractivity contribution in [2.24, 2.45) is 5.92 Å². The molecule has 0 saturated heterocycles. The molecule has 0 aromatic heterocycles. The van der Waals surface area contributed by atoms with Gasteiger partial charge in [-0.25, -0.2) is 0 Å². The van der Waals surface area contributed by atoms with Crippen LogP contribution in [0.15, 0.2) is 0 Å². The van der Waals surface area contributed by atoms with Gasteiger partial charge in [-0.3, -0.25) is 0 Å². The quantitative estimate of drug-likeness (QED) is 0.168. The maximum absolute atomic E-state index is 6.20. The van der Waals surface area contributed by atoms with Gasteiger partial charge in [-0.05, 0) is 12.8 Å². The first-order valence-corrected chi connectivity index (χ1v) is 11.7. The fourth-order valence-electron chi connectivity index (χ4n) is 3.34. The van der Waals surface area contributed by atoms with Gasteiger partial charge in [-0.1, -0.05) is 145 Å². The molecular weight excluding hydrogens is 359 g/mol. The van der Waals surface area contributed by atoms with Crippen molar-refractivity contribution in [3.63, 3.8) is 0 Å². The Morgan fingerprint density at radius 2 is 0.792 bits per heavy atom. The molecule has 0 aromatic rings. The molecule has 0 rings (SSSR count). The lowest BCUT2D eigenvalue weighted by atomic mass is 9.95. The summed E-state index contributed by atoms with van der Waals surface area (Å²) in [6.45, 7) is 4.52. The summed E-state index contributed by atoms with van der Waals surface area (Å²) < 4.78 is -1.08. The normalized spacial score (nSPS) is 13.4. The SMILES string of the molecule is CCCCCCCCCCCC(CCCCCCCC)C(Cl)(Cl)Cl. The van der Waals surface area contributed by atoms with Crippen LogP contribution in [0, 0.1) is 5.92 Å². The average molecular weight is 400 g/mol. The van der Waals surface area contributed by atoms with Crippen LogP contribution in [0.1, 0.15) is 123 Å². The molecule has 0 aliphatic heterocycles. The van der Waals surface area contributed by atoms with E-state index in [0.717, 1.165) is 12.8 Å². The lowest BCUT2D eigenvalue weighted by Gasteiger charge is -2.24. The molecule has 0 amide bonds. The van der Waals surface area contributed by atoms with Crippen LogP contribution in [-0.4, -0.2) is 3.79 Å². The van der Waals surface area contributed by atoms with Crippen LogP contribution in [-0.2, 0) is 0 Å². The summed E-state index contributed by atoms with van der Waals surface area (Å²) in [4.78, 5) is 0. The molecule has 24 heavy (non-hydrogen) atoms. The van der Waals surface area contributed by atoms with Crippen LogP contribution in [0.2, 0.25) is 0 Å². The standard InChI is InChI=1S/C21H41Cl3/c1-3-5-7-9-11-12-13-15-17-19-20(21(22,23)24)18-16-14-10-8-6-4-2/h20H,3-19H2,1-2H3. The molecule has 0 fully saturated rings. The van der Waals surface area contributed by atoms with Gasteiger partial charge < -0.3 is 0 Å².